The van der Waals surface area contributed by atoms with Crippen molar-refractivity contribution in [3.05, 3.63) is 12.2 Å². The molecule has 0 heterocycles. The van der Waals surface area contributed by atoms with E-state index in [9.17, 15) is 14.4 Å². The number of unbranched alkanes of at least 4 members (excludes halogenated alkanes) is 7. The van der Waals surface area contributed by atoms with Crippen LogP contribution >= 0.6 is 0 Å². The molecule has 0 radical (unpaired) electrons. The van der Waals surface area contributed by atoms with Gasteiger partial charge in [0.15, 0.2) is 5.92 Å². The Labute approximate surface area is 137 Å². The molecule has 0 aliphatic carbocycles. The SMILES string of the molecule is C=C(C)C(=O)OCCCCCCCCCCC(C(=O)O)C(=O)O. The monoisotopic (exact) mass is 328 g/mol. The van der Waals surface area contributed by atoms with Crippen LogP contribution in [-0.4, -0.2) is 34.7 Å². The number of aliphatic carboxylic acids is 2. The lowest BCUT2D eigenvalue weighted by Gasteiger charge is -2.07. The zero-order chi connectivity index (χ0) is 17.7. The highest BCUT2D eigenvalue weighted by molar-refractivity contribution is 5.92. The van der Waals surface area contributed by atoms with Gasteiger partial charge in [-0.25, -0.2) is 4.79 Å². The molecule has 0 bridgehead atoms. The van der Waals surface area contributed by atoms with Crippen LogP contribution in [0.15, 0.2) is 12.2 Å². The molecule has 0 aliphatic heterocycles. The lowest BCUT2D eigenvalue weighted by molar-refractivity contribution is -0.154. The fraction of sp³-hybridized carbons (Fsp3) is 0.706. The Morgan fingerprint density at radius 2 is 1.30 bits per heavy atom. The molecule has 0 saturated heterocycles. The lowest BCUT2D eigenvalue weighted by atomic mass is 10.0. The topological polar surface area (TPSA) is 101 Å². The number of hydrogen-bond acceptors (Lipinski definition) is 4. The fourth-order valence-electron chi connectivity index (χ4n) is 2.15. The highest BCUT2D eigenvalue weighted by Crippen LogP contribution is 2.14. The number of hydrogen-bond donors (Lipinski definition) is 2. The Kier molecular flexibility index (Phi) is 11.7. The zero-order valence-corrected chi connectivity index (χ0v) is 13.9. The molecule has 2 N–H and O–H groups in total. The van der Waals surface area contributed by atoms with Gasteiger partial charge in [0.05, 0.1) is 6.61 Å². The smallest absolute Gasteiger partial charge is 0.333 e. The summed E-state index contributed by atoms with van der Waals surface area (Å²) in [6.07, 6.45) is 7.70. The Balaban J connectivity index is 3.40. The molecule has 0 amide bonds. The van der Waals surface area contributed by atoms with E-state index in [0.717, 1.165) is 44.9 Å². The second-order valence-electron chi connectivity index (χ2n) is 5.76. The van der Waals surface area contributed by atoms with Crippen LogP contribution in [0.4, 0.5) is 0 Å². The third-order valence-corrected chi connectivity index (χ3v) is 3.56. The summed E-state index contributed by atoms with van der Waals surface area (Å²) in [5, 5.41) is 17.5. The van der Waals surface area contributed by atoms with Crippen LogP contribution in [0.1, 0.15) is 64.7 Å². The maximum absolute atomic E-state index is 11.1. The van der Waals surface area contributed by atoms with Gasteiger partial charge in [-0.15, -0.1) is 0 Å². The summed E-state index contributed by atoms with van der Waals surface area (Å²) in [5.41, 5.74) is 0.415. The summed E-state index contributed by atoms with van der Waals surface area (Å²) in [5.74, 6) is -4.14. The minimum Gasteiger partial charge on any atom is -0.481 e. The molecule has 0 aromatic heterocycles. The van der Waals surface area contributed by atoms with Crippen LogP contribution in [-0.2, 0) is 19.1 Å². The quantitative estimate of drug-likeness (QED) is 0.219. The summed E-state index contributed by atoms with van der Waals surface area (Å²) >= 11 is 0. The van der Waals surface area contributed by atoms with Crippen molar-refractivity contribution in [2.24, 2.45) is 5.92 Å². The van der Waals surface area contributed by atoms with Crippen molar-refractivity contribution in [1.29, 1.82) is 0 Å². The first-order valence-electron chi connectivity index (χ1n) is 8.14. The second kappa shape index (κ2) is 12.7. The minimum atomic E-state index is -1.28. The maximum atomic E-state index is 11.1. The molecule has 132 valence electrons. The fourth-order valence-corrected chi connectivity index (χ4v) is 2.15. The Morgan fingerprint density at radius 1 is 0.870 bits per heavy atom. The molecule has 0 saturated carbocycles. The average molecular weight is 328 g/mol. The van der Waals surface area contributed by atoms with Gasteiger partial charge in [-0.1, -0.05) is 51.5 Å². The van der Waals surface area contributed by atoms with Crippen LogP contribution in [0.2, 0.25) is 0 Å². The van der Waals surface area contributed by atoms with Crippen LogP contribution in [0.5, 0.6) is 0 Å². The van der Waals surface area contributed by atoms with E-state index >= 15 is 0 Å². The Hall–Kier alpha value is -1.85. The maximum Gasteiger partial charge on any atom is 0.333 e. The summed E-state index contributed by atoms with van der Waals surface area (Å²) in [6.45, 7) is 5.56. The van der Waals surface area contributed by atoms with Crippen LogP contribution in [0.3, 0.4) is 0 Å². The van der Waals surface area contributed by atoms with Gasteiger partial charge in [-0.2, -0.15) is 0 Å². The van der Waals surface area contributed by atoms with Crippen LogP contribution in [0.25, 0.3) is 0 Å². The molecule has 0 unspecified atom stereocenters. The van der Waals surface area contributed by atoms with Gasteiger partial charge >= 0.3 is 17.9 Å². The molecule has 0 aliphatic rings. The van der Waals surface area contributed by atoms with Gasteiger partial charge in [0.25, 0.3) is 0 Å². The Morgan fingerprint density at radius 3 is 1.74 bits per heavy atom. The van der Waals surface area contributed by atoms with Crippen molar-refractivity contribution in [2.45, 2.75) is 64.7 Å². The van der Waals surface area contributed by atoms with Crippen molar-refractivity contribution in [3.63, 3.8) is 0 Å². The molecule has 0 aromatic rings. The van der Waals surface area contributed by atoms with E-state index < -0.39 is 17.9 Å². The first-order valence-corrected chi connectivity index (χ1v) is 8.14. The molecule has 6 nitrogen and oxygen atoms in total. The normalized spacial score (nSPS) is 10.5. The molecule has 0 fully saturated rings. The van der Waals surface area contributed by atoms with Crippen molar-refractivity contribution in [2.75, 3.05) is 6.61 Å². The number of esters is 1. The summed E-state index contributed by atoms with van der Waals surface area (Å²) in [4.78, 5) is 32.5. The van der Waals surface area contributed by atoms with Crippen molar-refractivity contribution < 1.29 is 29.3 Å². The van der Waals surface area contributed by atoms with E-state index in [4.69, 9.17) is 14.9 Å². The molecular formula is C17H28O6. The van der Waals surface area contributed by atoms with E-state index in [2.05, 4.69) is 6.58 Å². The van der Waals surface area contributed by atoms with E-state index in [1.165, 1.54) is 0 Å². The van der Waals surface area contributed by atoms with Gasteiger partial charge < -0.3 is 14.9 Å². The van der Waals surface area contributed by atoms with Gasteiger partial charge in [0, 0.05) is 5.57 Å². The Bertz CT molecular complexity index is 388. The highest BCUT2D eigenvalue weighted by atomic mass is 16.5. The predicted octanol–water partition coefficient (Wildman–Crippen LogP) is 3.40. The van der Waals surface area contributed by atoms with Crippen molar-refractivity contribution in [3.8, 4) is 0 Å². The first-order chi connectivity index (χ1) is 10.9. The van der Waals surface area contributed by atoms with Gasteiger partial charge in [0.1, 0.15) is 0 Å². The van der Waals surface area contributed by atoms with Gasteiger partial charge in [-0.05, 0) is 19.8 Å². The van der Waals surface area contributed by atoms with Crippen molar-refractivity contribution in [1.82, 2.24) is 0 Å². The average Bonchev–Trinajstić information content (AvgIpc) is 2.47. The summed E-state index contributed by atoms with van der Waals surface area (Å²) in [7, 11) is 0. The summed E-state index contributed by atoms with van der Waals surface area (Å²) in [6, 6.07) is 0. The van der Waals surface area contributed by atoms with Gasteiger partial charge in [0.2, 0.25) is 0 Å². The third-order valence-electron chi connectivity index (χ3n) is 3.56. The summed E-state index contributed by atoms with van der Waals surface area (Å²) < 4.78 is 4.99. The van der Waals surface area contributed by atoms with E-state index in [1.54, 1.807) is 6.92 Å². The second-order valence-corrected chi connectivity index (χ2v) is 5.76. The lowest BCUT2D eigenvalue weighted by Crippen LogP contribution is -2.23. The standard InChI is InChI=1S/C17H28O6/c1-13(2)17(22)23-12-10-8-6-4-3-5-7-9-11-14(15(18)19)16(20)21/h14H,1,3-12H2,2H3,(H,18,19)(H,20,21). The molecule has 6 heteroatoms. The highest BCUT2D eigenvalue weighted by Gasteiger charge is 2.24. The first kappa shape index (κ1) is 21.1. The number of carbonyl (C=O) groups is 3. The number of rotatable bonds is 14. The van der Waals surface area contributed by atoms with Gasteiger partial charge in [-0.3, -0.25) is 9.59 Å². The van der Waals surface area contributed by atoms with E-state index in [-0.39, 0.29) is 12.4 Å². The predicted molar refractivity (Wildman–Crippen MR) is 86.1 cm³/mol. The minimum absolute atomic E-state index is 0.193. The van der Waals surface area contributed by atoms with Crippen molar-refractivity contribution >= 4 is 17.9 Å². The van der Waals surface area contributed by atoms with E-state index in [1.807, 2.05) is 0 Å². The molecule has 0 atom stereocenters. The number of ether oxygens (including phenoxy) is 1. The number of carboxylic acids is 2. The third kappa shape index (κ3) is 11.4. The molecule has 0 rings (SSSR count). The molecular weight excluding hydrogens is 300 g/mol. The number of carboxylic acid groups (broad SMARTS) is 2. The zero-order valence-electron chi connectivity index (χ0n) is 13.9. The largest absolute Gasteiger partial charge is 0.481 e. The molecule has 23 heavy (non-hydrogen) atoms. The number of carbonyl (C=O) groups excluding carboxylic acids is 1. The molecule has 0 spiro atoms. The van der Waals surface area contributed by atoms with E-state index in [0.29, 0.717) is 18.6 Å². The molecule has 0 aromatic carbocycles. The van der Waals surface area contributed by atoms with Crippen LogP contribution in [0, 0.1) is 5.92 Å². The van der Waals surface area contributed by atoms with Crippen LogP contribution < -0.4 is 0 Å².